The molecule has 0 aliphatic heterocycles. The lowest BCUT2D eigenvalue weighted by atomic mass is 10.1. The summed E-state index contributed by atoms with van der Waals surface area (Å²) in [5.41, 5.74) is 6.34. The van der Waals surface area contributed by atoms with Crippen LogP contribution >= 0.6 is 0 Å². The van der Waals surface area contributed by atoms with Crippen molar-refractivity contribution in [2.75, 3.05) is 5.73 Å². The van der Waals surface area contributed by atoms with Crippen LogP contribution in [0.1, 0.15) is 0 Å². The van der Waals surface area contributed by atoms with Crippen LogP contribution in [0.4, 0.5) is 5.69 Å². The molecule has 0 radical (unpaired) electrons. The second-order valence-electron chi connectivity index (χ2n) is 3.55. The van der Waals surface area contributed by atoms with Crippen molar-refractivity contribution in [2.24, 2.45) is 0 Å². The number of nitrogen functional groups attached to an aromatic ring is 1. The Kier molecular flexibility index (Phi) is 2.70. The van der Waals surface area contributed by atoms with Gasteiger partial charge in [0.25, 0.3) is 5.56 Å². The number of anilines is 1. The summed E-state index contributed by atoms with van der Waals surface area (Å²) < 4.78 is 0.972. The number of aromatic nitrogens is 2. The molecule has 6 heteroatoms. The molecule has 4 N–H and O–H groups in total. The van der Waals surface area contributed by atoms with E-state index in [1.165, 1.54) is 0 Å². The van der Waals surface area contributed by atoms with E-state index in [0.29, 0.717) is 5.69 Å². The molecule has 0 atom stereocenters. The third-order valence-electron chi connectivity index (χ3n) is 2.35. The maximum atomic E-state index is 11.6. The number of carbonyl (C=O) groups is 1. The van der Waals surface area contributed by atoms with E-state index in [1.54, 1.807) is 12.1 Å². The second-order valence-corrected chi connectivity index (χ2v) is 3.55. The van der Waals surface area contributed by atoms with E-state index in [-0.39, 0.29) is 5.69 Å². The lowest BCUT2D eigenvalue weighted by Gasteiger charge is -1.98. The van der Waals surface area contributed by atoms with Gasteiger partial charge in [0.2, 0.25) is 0 Å². The molecule has 0 bridgehead atoms. The molecule has 17 heavy (non-hydrogen) atoms. The fourth-order valence-corrected chi connectivity index (χ4v) is 1.57. The van der Waals surface area contributed by atoms with Crippen LogP contribution in [0.25, 0.3) is 11.3 Å². The molecule has 2 aromatic rings. The number of nitrogens with zero attached hydrogens (tertiary/aromatic N) is 1. The fourth-order valence-electron chi connectivity index (χ4n) is 1.57. The largest absolute Gasteiger partial charge is 0.480 e. The molecule has 0 saturated heterocycles. The van der Waals surface area contributed by atoms with Gasteiger partial charge in [-0.1, -0.05) is 30.3 Å². The first-order valence-corrected chi connectivity index (χ1v) is 4.95. The molecular weight excluding hydrogens is 222 g/mol. The Labute approximate surface area is 96.3 Å². The molecule has 0 aliphatic rings. The Morgan fingerprint density at radius 2 is 2.00 bits per heavy atom. The van der Waals surface area contributed by atoms with Gasteiger partial charge in [-0.05, 0) is 0 Å². The van der Waals surface area contributed by atoms with Crippen molar-refractivity contribution in [3.8, 4) is 11.3 Å². The van der Waals surface area contributed by atoms with Crippen molar-refractivity contribution < 1.29 is 9.90 Å². The van der Waals surface area contributed by atoms with Gasteiger partial charge in [-0.2, -0.15) is 0 Å². The standard InChI is InChI=1S/C11H11N3O3/c12-9-10(7-4-2-1-3-5-7)13-14(11(9)17)6-8(15)16/h1-5,13H,6,12H2,(H,15,16). The van der Waals surface area contributed by atoms with Gasteiger partial charge in [-0.3, -0.25) is 14.7 Å². The fraction of sp³-hybridized carbons (Fsp3) is 0.0909. The predicted molar refractivity (Wildman–Crippen MR) is 62.5 cm³/mol. The zero-order valence-electron chi connectivity index (χ0n) is 8.88. The number of nitrogens with one attached hydrogen (secondary N) is 1. The predicted octanol–water partition coefficient (Wildman–Crippen LogP) is 0.510. The van der Waals surface area contributed by atoms with E-state index in [0.717, 1.165) is 10.2 Å². The number of benzene rings is 1. The van der Waals surface area contributed by atoms with Gasteiger partial charge in [-0.15, -0.1) is 0 Å². The summed E-state index contributed by atoms with van der Waals surface area (Å²) in [6.45, 7) is -0.435. The summed E-state index contributed by atoms with van der Waals surface area (Å²) in [4.78, 5) is 22.2. The van der Waals surface area contributed by atoms with Crippen molar-refractivity contribution in [3.05, 3.63) is 40.7 Å². The number of rotatable bonds is 3. The number of nitrogens with two attached hydrogens (primary N) is 1. The molecular formula is C11H11N3O3. The number of aromatic amines is 1. The number of carboxylic acid groups (broad SMARTS) is 1. The molecule has 88 valence electrons. The maximum Gasteiger partial charge on any atom is 0.325 e. The van der Waals surface area contributed by atoms with E-state index in [9.17, 15) is 9.59 Å². The van der Waals surface area contributed by atoms with Crippen molar-refractivity contribution >= 4 is 11.7 Å². The minimum Gasteiger partial charge on any atom is -0.480 e. The first-order valence-electron chi connectivity index (χ1n) is 4.95. The molecule has 0 aliphatic carbocycles. The molecule has 0 amide bonds. The average Bonchev–Trinajstić information content (AvgIpc) is 2.58. The van der Waals surface area contributed by atoms with Gasteiger partial charge >= 0.3 is 5.97 Å². The Balaban J connectivity index is 2.51. The Hall–Kier alpha value is -2.50. The number of carboxylic acids is 1. The zero-order valence-corrected chi connectivity index (χ0v) is 8.88. The minimum absolute atomic E-state index is 0.0254. The van der Waals surface area contributed by atoms with Crippen LogP contribution in [0.5, 0.6) is 0 Å². The summed E-state index contributed by atoms with van der Waals surface area (Å²) in [5.74, 6) is -1.10. The van der Waals surface area contributed by atoms with Crippen LogP contribution in [0.15, 0.2) is 35.1 Å². The highest BCUT2D eigenvalue weighted by atomic mass is 16.4. The molecule has 0 spiro atoms. The van der Waals surface area contributed by atoms with Gasteiger partial charge in [0, 0.05) is 5.56 Å². The zero-order chi connectivity index (χ0) is 12.4. The van der Waals surface area contributed by atoms with E-state index in [2.05, 4.69) is 5.10 Å². The lowest BCUT2D eigenvalue weighted by molar-refractivity contribution is -0.137. The van der Waals surface area contributed by atoms with E-state index in [4.69, 9.17) is 10.8 Å². The topological polar surface area (TPSA) is 101 Å². The number of H-pyrrole nitrogens is 1. The normalized spacial score (nSPS) is 10.4. The molecule has 1 heterocycles. The van der Waals surface area contributed by atoms with Crippen LogP contribution in [-0.2, 0) is 11.3 Å². The number of hydrogen-bond donors (Lipinski definition) is 3. The molecule has 0 fully saturated rings. The van der Waals surface area contributed by atoms with Crippen LogP contribution in [-0.4, -0.2) is 20.9 Å². The monoisotopic (exact) mass is 233 g/mol. The van der Waals surface area contributed by atoms with E-state index >= 15 is 0 Å². The number of hydrogen-bond acceptors (Lipinski definition) is 3. The highest BCUT2D eigenvalue weighted by Crippen LogP contribution is 2.20. The van der Waals surface area contributed by atoms with Crippen molar-refractivity contribution in [1.29, 1.82) is 0 Å². The molecule has 6 nitrogen and oxygen atoms in total. The molecule has 2 rings (SSSR count). The maximum absolute atomic E-state index is 11.6. The molecule has 1 aromatic heterocycles. The van der Waals surface area contributed by atoms with Crippen LogP contribution in [0.3, 0.4) is 0 Å². The molecule has 0 unspecified atom stereocenters. The summed E-state index contributed by atoms with van der Waals surface area (Å²) in [7, 11) is 0. The van der Waals surface area contributed by atoms with Crippen molar-refractivity contribution in [1.82, 2.24) is 9.78 Å². The summed E-state index contributed by atoms with van der Waals surface area (Å²) in [6.07, 6.45) is 0. The summed E-state index contributed by atoms with van der Waals surface area (Å²) in [5, 5.41) is 11.3. The van der Waals surface area contributed by atoms with Gasteiger partial charge in [0.1, 0.15) is 12.2 Å². The minimum atomic E-state index is -1.10. The third kappa shape index (κ3) is 2.05. The van der Waals surface area contributed by atoms with Crippen LogP contribution < -0.4 is 11.3 Å². The number of aliphatic carboxylic acids is 1. The first-order chi connectivity index (χ1) is 8.09. The van der Waals surface area contributed by atoms with E-state index in [1.807, 2.05) is 18.2 Å². The Morgan fingerprint density at radius 3 is 2.59 bits per heavy atom. The quantitative estimate of drug-likeness (QED) is 0.718. The highest BCUT2D eigenvalue weighted by molar-refractivity contribution is 5.72. The SMILES string of the molecule is Nc1c(-c2ccccc2)[nH]n(CC(=O)O)c1=O. The average molecular weight is 233 g/mol. The third-order valence-corrected chi connectivity index (χ3v) is 2.35. The summed E-state index contributed by atoms with van der Waals surface area (Å²) >= 11 is 0. The van der Waals surface area contributed by atoms with Crippen molar-refractivity contribution in [2.45, 2.75) is 6.54 Å². The van der Waals surface area contributed by atoms with Gasteiger partial charge in [0.15, 0.2) is 0 Å². The Bertz CT molecular complexity index is 598. The van der Waals surface area contributed by atoms with E-state index < -0.39 is 18.1 Å². The van der Waals surface area contributed by atoms with Gasteiger partial charge in [-0.25, -0.2) is 4.68 Å². The van der Waals surface area contributed by atoms with Gasteiger partial charge < -0.3 is 10.8 Å². The molecule has 1 aromatic carbocycles. The lowest BCUT2D eigenvalue weighted by Crippen LogP contribution is -2.22. The first kappa shape index (κ1) is 11.0. The molecule has 0 saturated carbocycles. The second kappa shape index (κ2) is 4.17. The van der Waals surface area contributed by atoms with Crippen LogP contribution in [0.2, 0.25) is 0 Å². The smallest absolute Gasteiger partial charge is 0.325 e. The van der Waals surface area contributed by atoms with Crippen LogP contribution in [0, 0.1) is 0 Å². The van der Waals surface area contributed by atoms with Gasteiger partial charge in [0.05, 0.1) is 5.69 Å². The summed E-state index contributed by atoms with van der Waals surface area (Å²) in [6, 6.07) is 9.02. The Morgan fingerprint density at radius 1 is 1.35 bits per heavy atom. The van der Waals surface area contributed by atoms with Crippen molar-refractivity contribution in [3.63, 3.8) is 0 Å². The highest BCUT2D eigenvalue weighted by Gasteiger charge is 2.13.